The summed E-state index contributed by atoms with van der Waals surface area (Å²) in [6.07, 6.45) is 0.600. The Morgan fingerprint density at radius 1 is 1.43 bits per heavy atom. The molecule has 2 unspecified atom stereocenters. The van der Waals surface area contributed by atoms with Crippen LogP contribution in [0, 0.1) is 0 Å². The third-order valence-corrected chi connectivity index (χ3v) is 3.66. The molecule has 1 aliphatic rings. The molecule has 0 bridgehead atoms. The fraction of sp³-hybridized carbons (Fsp3) is 0.438. The standard InChI is InChI=1S/C16H20N4O3/c1-11(18-15(21)13-10-22-8-7-17-13)16-19-14(20-23-16)9-12-5-3-2-4-6-12/h2-6,11,13,17H,7-10H2,1H3,(H,18,21). The van der Waals surface area contributed by atoms with Crippen molar-refractivity contribution in [2.45, 2.75) is 25.4 Å². The molecule has 2 heterocycles. The van der Waals surface area contributed by atoms with E-state index in [1.165, 1.54) is 0 Å². The molecule has 2 aromatic rings. The van der Waals surface area contributed by atoms with E-state index in [0.29, 0.717) is 37.9 Å². The predicted octanol–water partition coefficient (Wildman–Crippen LogP) is 0.826. The average Bonchev–Trinajstić information content (AvgIpc) is 3.05. The number of carbonyl (C=O) groups is 1. The van der Waals surface area contributed by atoms with E-state index >= 15 is 0 Å². The van der Waals surface area contributed by atoms with Crippen LogP contribution in [0.2, 0.25) is 0 Å². The summed E-state index contributed by atoms with van der Waals surface area (Å²) in [5.74, 6) is 0.882. The summed E-state index contributed by atoms with van der Waals surface area (Å²) in [6, 6.07) is 9.25. The number of carbonyl (C=O) groups excluding carboxylic acids is 1. The van der Waals surface area contributed by atoms with Crippen molar-refractivity contribution in [1.82, 2.24) is 20.8 Å². The van der Waals surface area contributed by atoms with Crippen molar-refractivity contribution >= 4 is 5.91 Å². The molecule has 0 spiro atoms. The normalized spacial score (nSPS) is 19.3. The van der Waals surface area contributed by atoms with Crippen LogP contribution >= 0.6 is 0 Å². The highest BCUT2D eigenvalue weighted by Crippen LogP contribution is 2.12. The number of nitrogens with one attached hydrogen (secondary N) is 2. The molecule has 1 aromatic heterocycles. The first kappa shape index (κ1) is 15.6. The molecule has 122 valence electrons. The van der Waals surface area contributed by atoms with Gasteiger partial charge in [0, 0.05) is 13.0 Å². The van der Waals surface area contributed by atoms with E-state index < -0.39 is 0 Å². The van der Waals surface area contributed by atoms with Crippen molar-refractivity contribution in [2.24, 2.45) is 0 Å². The van der Waals surface area contributed by atoms with E-state index in [1.54, 1.807) is 0 Å². The van der Waals surface area contributed by atoms with Gasteiger partial charge in [-0.25, -0.2) is 0 Å². The first-order valence-corrected chi connectivity index (χ1v) is 7.70. The van der Waals surface area contributed by atoms with Crippen molar-refractivity contribution in [1.29, 1.82) is 0 Å². The minimum absolute atomic E-state index is 0.125. The number of amides is 1. The van der Waals surface area contributed by atoms with Crippen LogP contribution in [0.4, 0.5) is 0 Å². The fourth-order valence-corrected chi connectivity index (χ4v) is 2.40. The molecule has 23 heavy (non-hydrogen) atoms. The van der Waals surface area contributed by atoms with Gasteiger partial charge in [-0.3, -0.25) is 4.79 Å². The van der Waals surface area contributed by atoms with Crippen molar-refractivity contribution in [2.75, 3.05) is 19.8 Å². The quantitative estimate of drug-likeness (QED) is 0.849. The molecule has 0 aliphatic carbocycles. The molecule has 1 aliphatic heterocycles. The van der Waals surface area contributed by atoms with Gasteiger partial charge in [-0.05, 0) is 12.5 Å². The first-order chi connectivity index (χ1) is 11.2. The highest BCUT2D eigenvalue weighted by atomic mass is 16.5. The lowest BCUT2D eigenvalue weighted by atomic mass is 10.1. The van der Waals surface area contributed by atoms with Crippen LogP contribution in [-0.4, -0.2) is 41.8 Å². The Morgan fingerprint density at radius 3 is 3.00 bits per heavy atom. The highest BCUT2D eigenvalue weighted by Gasteiger charge is 2.24. The molecule has 1 aromatic carbocycles. The summed E-state index contributed by atoms with van der Waals surface area (Å²) >= 11 is 0. The summed E-state index contributed by atoms with van der Waals surface area (Å²) in [7, 11) is 0. The van der Waals surface area contributed by atoms with Gasteiger partial charge in [0.25, 0.3) is 0 Å². The van der Waals surface area contributed by atoms with Gasteiger partial charge >= 0.3 is 0 Å². The van der Waals surface area contributed by atoms with Crippen LogP contribution < -0.4 is 10.6 Å². The van der Waals surface area contributed by atoms with E-state index in [-0.39, 0.29) is 18.0 Å². The zero-order valence-corrected chi connectivity index (χ0v) is 13.0. The Balaban J connectivity index is 1.57. The Bertz CT molecular complexity index is 638. The third-order valence-electron chi connectivity index (χ3n) is 3.66. The van der Waals surface area contributed by atoms with Crippen LogP contribution in [0.3, 0.4) is 0 Å². The summed E-state index contributed by atoms with van der Waals surface area (Å²) in [4.78, 5) is 16.5. The predicted molar refractivity (Wildman–Crippen MR) is 82.7 cm³/mol. The average molecular weight is 316 g/mol. The Kier molecular flexibility index (Phi) is 4.99. The Hall–Kier alpha value is -2.25. The Morgan fingerprint density at radius 2 is 2.26 bits per heavy atom. The van der Waals surface area contributed by atoms with Gasteiger partial charge in [-0.15, -0.1) is 0 Å². The number of nitrogens with zero attached hydrogens (tertiary/aromatic N) is 2. The first-order valence-electron chi connectivity index (χ1n) is 7.70. The van der Waals surface area contributed by atoms with E-state index in [0.717, 1.165) is 5.56 Å². The molecule has 7 nitrogen and oxygen atoms in total. The molecule has 2 atom stereocenters. The van der Waals surface area contributed by atoms with E-state index in [2.05, 4.69) is 20.8 Å². The lowest BCUT2D eigenvalue weighted by molar-refractivity contribution is -0.126. The smallest absolute Gasteiger partial charge is 0.248 e. The van der Waals surface area contributed by atoms with E-state index in [1.807, 2.05) is 37.3 Å². The summed E-state index contributed by atoms with van der Waals surface area (Å²) in [5, 5.41) is 9.95. The van der Waals surface area contributed by atoms with Gasteiger partial charge in [0.2, 0.25) is 11.8 Å². The zero-order valence-electron chi connectivity index (χ0n) is 13.0. The molecular formula is C16H20N4O3. The number of benzene rings is 1. The lowest BCUT2D eigenvalue weighted by Gasteiger charge is -2.23. The minimum atomic E-state index is -0.344. The van der Waals surface area contributed by atoms with Gasteiger partial charge in [-0.2, -0.15) is 4.98 Å². The maximum absolute atomic E-state index is 12.1. The lowest BCUT2D eigenvalue weighted by Crippen LogP contribution is -2.51. The molecule has 0 saturated carbocycles. The van der Waals surface area contributed by atoms with Crippen LogP contribution in [0.5, 0.6) is 0 Å². The molecule has 7 heteroatoms. The SMILES string of the molecule is CC(NC(=O)C1COCCN1)c1nc(Cc2ccccc2)no1. The monoisotopic (exact) mass is 316 g/mol. The number of rotatable bonds is 5. The molecular weight excluding hydrogens is 296 g/mol. The van der Waals surface area contributed by atoms with Gasteiger partial charge in [0.15, 0.2) is 5.82 Å². The van der Waals surface area contributed by atoms with Crippen molar-refractivity contribution in [3.63, 3.8) is 0 Å². The number of hydrogen-bond donors (Lipinski definition) is 2. The van der Waals surface area contributed by atoms with Crippen molar-refractivity contribution in [3.8, 4) is 0 Å². The minimum Gasteiger partial charge on any atom is -0.378 e. The summed E-state index contributed by atoms with van der Waals surface area (Å²) in [6.45, 7) is 3.50. The van der Waals surface area contributed by atoms with Crippen LogP contribution in [0.1, 0.15) is 30.2 Å². The molecule has 2 N–H and O–H groups in total. The molecule has 3 rings (SSSR count). The number of morpholine rings is 1. The second-order valence-electron chi connectivity index (χ2n) is 5.52. The van der Waals surface area contributed by atoms with Gasteiger partial charge in [-0.1, -0.05) is 35.5 Å². The summed E-state index contributed by atoms with van der Waals surface area (Å²) in [5.41, 5.74) is 1.11. The maximum atomic E-state index is 12.1. The molecule has 1 fully saturated rings. The van der Waals surface area contributed by atoms with E-state index in [4.69, 9.17) is 9.26 Å². The van der Waals surface area contributed by atoms with Gasteiger partial charge in [0.05, 0.1) is 13.2 Å². The Labute approximate surface area is 134 Å². The largest absolute Gasteiger partial charge is 0.378 e. The zero-order chi connectivity index (χ0) is 16.1. The van der Waals surface area contributed by atoms with Crippen LogP contribution in [0.25, 0.3) is 0 Å². The van der Waals surface area contributed by atoms with Crippen molar-refractivity contribution in [3.05, 3.63) is 47.6 Å². The van der Waals surface area contributed by atoms with E-state index in [9.17, 15) is 4.79 Å². The topological polar surface area (TPSA) is 89.3 Å². The number of aromatic nitrogens is 2. The van der Waals surface area contributed by atoms with Crippen molar-refractivity contribution < 1.29 is 14.1 Å². The molecule has 1 amide bonds. The van der Waals surface area contributed by atoms with Crippen LogP contribution in [0.15, 0.2) is 34.9 Å². The number of hydrogen-bond acceptors (Lipinski definition) is 6. The summed E-state index contributed by atoms with van der Waals surface area (Å²) < 4.78 is 10.5. The van der Waals surface area contributed by atoms with Gasteiger partial charge in [0.1, 0.15) is 12.1 Å². The second kappa shape index (κ2) is 7.34. The molecule has 1 saturated heterocycles. The fourth-order valence-electron chi connectivity index (χ4n) is 2.40. The second-order valence-corrected chi connectivity index (χ2v) is 5.52. The van der Waals surface area contributed by atoms with Crippen LogP contribution in [-0.2, 0) is 16.0 Å². The third kappa shape index (κ3) is 4.14. The maximum Gasteiger partial charge on any atom is 0.248 e. The highest BCUT2D eigenvalue weighted by molar-refractivity contribution is 5.82. The van der Waals surface area contributed by atoms with Gasteiger partial charge < -0.3 is 19.9 Å². The number of ether oxygens (including phenoxy) is 1. The molecule has 0 radical (unpaired) electrons.